The number of hydrogen-bond donors (Lipinski definition) is 10. The van der Waals surface area contributed by atoms with Crippen molar-refractivity contribution < 1.29 is 85.6 Å². The Morgan fingerprint density at radius 2 is 1.69 bits per heavy atom. The first-order chi connectivity index (χ1) is 25.3. The third-order valence-electron chi connectivity index (χ3n) is 7.84. The Balaban J connectivity index is 1.50. The number of fused-ring (bicyclic) bond motifs is 1. The van der Waals surface area contributed by atoms with E-state index < -0.39 is 96.6 Å². The second-order valence-corrected chi connectivity index (χ2v) is 18.1. The number of anilines is 1. The van der Waals surface area contributed by atoms with Crippen molar-refractivity contribution in [2.45, 2.75) is 70.9 Å². The number of phosphoric acid groups is 3. The number of carbonyl (C=O) groups excluding carboxylic acids is 3. The zero-order valence-corrected chi connectivity index (χ0v) is 33.2. The highest BCUT2D eigenvalue weighted by molar-refractivity contribution is 8.13. The van der Waals surface area contributed by atoms with Crippen LogP contribution in [0.3, 0.4) is 0 Å². The number of nitrogens with two attached hydrogens (primary N) is 1. The lowest BCUT2D eigenvalue weighted by Crippen LogP contribution is -2.46. The lowest BCUT2D eigenvalue weighted by molar-refractivity contribution is -0.137. The largest absolute Gasteiger partial charge is 0.481 e. The lowest BCUT2D eigenvalue weighted by atomic mass is 9.87. The Morgan fingerprint density at radius 3 is 2.33 bits per heavy atom. The predicted molar refractivity (Wildman–Crippen MR) is 188 cm³/mol. The van der Waals surface area contributed by atoms with Crippen molar-refractivity contribution in [2.75, 3.05) is 37.8 Å². The molecule has 0 aromatic carbocycles. The van der Waals surface area contributed by atoms with E-state index in [2.05, 4.69) is 34.4 Å². The number of aromatic nitrogens is 4. The van der Waals surface area contributed by atoms with E-state index in [0.29, 0.717) is 0 Å². The van der Waals surface area contributed by atoms with Crippen molar-refractivity contribution >= 4 is 69.1 Å². The number of imidazole rings is 1. The first-order valence-electron chi connectivity index (χ1n) is 16.1. The van der Waals surface area contributed by atoms with Crippen molar-refractivity contribution in [3.63, 3.8) is 0 Å². The molecule has 0 bridgehead atoms. The topological polar surface area (TPSA) is 384 Å². The van der Waals surface area contributed by atoms with Crippen molar-refractivity contribution in [3.05, 3.63) is 12.7 Å². The van der Waals surface area contributed by atoms with E-state index in [-0.39, 0.29) is 47.4 Å². The first kappa shape index (κ1) is 46.9. The summed E-state index contributed by atoms with van der Waals surface area (Å²) in [6, 6.07) is 0. The van der Waals surface area contributed by atoms with E-state index in [1.54, 1.807) is 6.92 Å². The number of amides is 2. The molecule has 2 amide bonds. The van der Waals surface area contributed by atoms with Gasteiger partial charge in [-0.25, -0.2) is 28.6 Å². The van der Waals surface area contributed by atoms with Crippen LogP contribution in [0.5, 0.6) is 0 Å². The number of nitrogens with one attached hydrogen (secondary N) is 2. The molecule has 3 heterocycles. The molecule has 1 aliphatic rings. The van der Waals surface area contributed by atoms with E-state index >= 15 is 0 Å². The van der Waals surface area contributed by atoms with E-state index in [1.807, 2.05) is 0 Å². The summed E-state index contributed by atoms with van der Waals surface area (Å²) in [5.41, 5.74) is 4.23. The van der Waals surface area contributed by atoms with Crippen LogP contribution in [-0.4, -0.2) is 134 Å². The van der Waals surface area contributed by atoms with Gasteiger partial charge in [0.15, 0.2) is 22.8 Å². The van der Waals surface area contributed by atoms with Crippen LogP contribution in [0.25, 0.3) is 11.2 Å². The monoisotopic (exact) mass is 867 g/mol. The third kappa shape index (κ3) is 13.8. The molecule has 1 aliphatic heterocycles. The van der Waals surface area contributed by atoms with Crippen LogP contribution in [0.15, 0.2) is 12.7 Å². The molecule has 0 saturated carbocycles. The van der Waals surface area contributed by atoms with Gasteiger partial charge in [-0.2, -0.15) is 4.31 Å². The van der Waals surface area contributed by atoms with Gasteiger partial charge in [0.05, 0.1) is 31.6 Å². The minimum atomic E-state index is -5.58. The van der Waals surface area contributed by atoms with Crippen molar-refractivity contribution in [3.8, 4) is 0 Å². The summed E-state index contributed by atoms with van der Waals surface area (Å²) in [7, 11) is -16.4. The van der Waals surface area contributed by atoms with E-state index in [1.165, 1.54) is 20.8 Å². The molecule has 0 aliphatic carbocycles. The first-order valence-corrected chi connectivity index (χ1v) is 21.6. The highest BCUT2D eigenvalue weighted by Gasteiger charge is 2.50. The zero-order valence-electron chi connectivity index (χ0n) is 29.7. The Bertz CT molecular complexity index is 1810. The standard InChI is InChI=1S/C26H44N7O18P3S/c1-13(14(2)34)25(39)55-8-7-28-16(35)5-6-29-23(38)20(37)26(3,4)10-48-54(45,46)51-53(43,44)47-9-15-19(50-52(40,41)42)18(36)24(49-15)33-12-32-17-21(27)30-11-31-22(17)33/h11-15,18-20,24,34,36-37H,5-10H2,1-4H3,(H,28,35)(H,29,38)(H,43,44)(H,45,46)(H2,27,30,31)(H2,40,41,42)/t13-,14?,15+,18+,19+,20-,24+/m0/s1. The molecule has 312 valence electrons. The number of nitrogen functional groups attached to an aromatic ring is 1. The van der Waals surface area contributed by atoms with Crippen molar-refractivity contribution in [2.24, 2.45) is 11.3 Å². The molecule has 29 heteroatoms. The summed E-state index contributed by atoms with van der Waals surface area (Å²) in [5, 5.41) is 35.5. The van der Waals surface area contributed by atoms with Gasteiger partial charge in [-0.05, 0) is 6.92 Å². The van der Waals surface area contributed by atoms with Crippen LogP contribution < -0.4 is 16.4 Å². The number of nitrogens with zero attached hydrogens (tertiary/aromatic N) is 4. The number of ether oxygens (including phenoxy) is 1. The number of thioether (sulfide) groups is 1. The van der Waals surface area contributed by atoms with Gasteiger partial charge in [0.25, 0.3) is 0 Å². The SMILES string of the molecule is CC(O)[C@H](C)C(=O)SCCNC(=O)CCNC(=O)[C@H](O)C(C)(C)COP(=O)(O)OP(=O)(O)OC[C@H]1O[C@@H](n2cnc3c(N)ncnc32)[C@H](O)[C@@H]1OP(=O)(O)O. The summed E-state index contributed by atoms with van der Waals surface area (Å²) in [4.78, 5) is 87.3. The normalized spacial score (nSPS) is 23.0. The lowest BCUT2D eigenvalue weighted by Gasteiger charge is -2.30. The number of aliphatic hydroxyl groups is 3. The Kier molecular flexibility index (Phi) is 16.5. The maximum Gasteiger partial charge on any atom is 0.481 e. The second kappa shape index (κ2) is 19.3. The molecule has 9 atom stereocenters. The highest BCUT2D eigenvalue weighted by Crippen LogP contribution is 2.61. The van der Waals surface area contributed by atoms with Crippen LogP contribution in [-0.2, 0) is 50.7 Å². The molecular weight excluding hydrogens is 823 g/mol. The highest BCUT2D eigenvalue weighted by atomic mass is 32.2. The van der Waals surface area contributed by atoms with Gasteiger partial charge in [0.2, 0.25) is 11.8 Å². The number of phosphoric ester groups is 3. The maximum atomic E-state index is 12.7. The molecule has 3 unspecified atom stereocenters. The summed E-state index contributed by atoms with van der Waals surface area (Å²) in [5.74, 6) is -1.84. The summed E-state index contributed by atoms with van der Waals surface area (Å²) >= 11 is 0.947. The molecule has 1 fully saturated rings. The van der Waals surface area contributed by atoms with E-state index in [0.717, 1.165) is 29.0 Å². The van der Waals surface area contributed by atoms with Gasteiger partial charge in [-0.15, -0.1) is 0 Å². The number of aliphatic hydroxyl groups excluding tert-OH is 3. The summed E-state index contributed by atoms with van der Waals surface area (Å²) in [6.07, 6.45) is -7.81. The molecule has 0 radical (unpaired) electrons. The van der Waals surface area contributed by atoms with Crippen molar-refractivity contribution in [1.29, 1.82) is 0 Å². The smallest absolute Gasteiger partial charge is 0.393 e. The van der Waals surface area contributed by atoms with Gasteiger partial charge in [0, 0.05) is 30.7 Å². The van der Waals surface area contributed by atoms with Gasteiger partial charge in [-0.1, -0.05) is 32.5 Å². The fourth-order valence-electron chi connectivity index (χ4n) is 4.61. The molecule has 1 saturated heterocycles. The fourth-order valence-corrected chi connectivity index (χ4v) is 8.30. The summed E-state index contributed by atoms with van der Waals surface area (Å²) < 4.78 is 62.0. The minimum Gasteiger partial charge on any atom is -0.393 e. The average molecular weight is 868 g/mol. The van der Waals surface area contributed by atoms with E-state index in [4.69, 9.17) is 19.5 Å². The molecule has 2 aromatic rings. The van der Waals surface area contributed by atoms with E-state index in [9.17, 15) is 63.0 Å². The van der Waals surface area contributed by atoms with Gasteiger partial charge >= 0.3 is 23.5 Å². The van der Waals surface area contributed by atoms with Gasteiger partial charge < -0.3 is 56.0 Å². The fraction of sp³-hybridized carbons (Fsp3) is 0.692. The average Bonchev–Trinajstić information content (AvgIpc) is 3.64. The molecule has 11 N–H and O–H groups in total. The third-order valence-corrected chi connectivity index (χ3v) is 12.0. The van der Waals surface area contributed by atoms with Gasteiger partial charge in [0.1, 0.15) is 36.3 Å². The quantitative estimate of drug-likeness (QED) is 0.0514. The minimum absolute atomic E-state index is 0.0256. The van der Waals surface area contributed by atoms with Crippen LogP contribution >= 0.6 is 35.2 Å². The molecule has 2 aromatic heterocycles. The predicted octanol–water partition coefficient (Wildman–Crippen LogP) is -1.32. The van der Waals surface area contributed by atoms with Crippen molar-refractivity contribution in [1.82, 2.24) is 30.2 Å². The zero-order chi connectivity index (χ0) is 41.5. The van der Waals surface area contributed by atoms with Crippen LogP contribution in [0.1, 0.15) is 40.3 Å². The Hall–Kier alpha value is -2.48. The number of rotatable bonds is 21. The summed E-state index contributed by atoms with van der Waals surface area (Å²) in [6.45, 7) is 3.42. The number of carbonyl (C=O) groups is 3. The van der Waals surface area contributed by atoms with Crippen LogP contribution in [0, 0.1) is 11.3 Å². The van der Waals surface area contributed by atoms with Crippen LogP contribution in [0.2, 0.25) is 0 Å². The molecule has 0 spiro atoms. The molecular formula is C26H44N7O18P3S. The maximum absolute atomic E-state index is 12.7. The molecule has 55 heavy (non-hydrogen) atoms. The second-order valence-electron chi connectivity index (χ2n) is 12.8. The van der Waals surface area contributed by atoms with Crippen LogP contribution in [0.4, 0.5) is 5.82 Å². The van der Waals surface area contributed by atoms with Gasteiger partial charge in [-0.3, -0.25) is 32.5 Å². The Labute approximate surface area is 317 Å². The molecule has 25 nitrogen and oxygen atoms in total. The Morgan fingerprint density at radius 1 is 1.04 bits per heavy atom. The number of hydrogen-bond acceptors (Lipinski definition) is 19. The molecule has 3 rings (SSSR count).